The highest BCUT2D eigenvalue weighted by atomic mass is 35.5. The van der Waals surface area contributed by atoms with Crippen LogP contribution in [0.15, 0.2) is 6.20 Å². The SMILES string of the molecule is C[C@](N)(CO)c1c(Cl)cnc(Cl)c1Cl. The number of nitrogens with two attached hydrogens (primary N) is 1. The molecule has 78 valence electrons. The van der Waals surface area contributed by atoms with Crippen LogP contribution < -0.4 is 5.73 Å². The highest BCUT2D eigenvalue weighted by Gasteiger charge is 2.27. The van der Waals surface area contributed by atoms with Crippen LogP contribution in [-0.4, -0.2) is 16.7 Å². The zero-order valence-corrected chi connectivity index (χ0v) is 9.66. The molecule has 1 aromatic heterocycles. The number of hydrogen-bond acceptors (Lipinski definition) is 3. The summed E-state index contributed by atoms with van der Waals surface area (Å²) in [4.78, 5) is 3.75. The van der Waals surface area contributed by atoms with Crippen LogP contribution in [0.1, 0.15) is 12.5 Å². The van der Waals surface area contributed by atoms with Crippen molar-refractivity contribution in [1.82, 2.24) is 4.98 Å². The summed E-state index contributed by atoms with van der Waals surface area (Å²) in [5, 5.41) is 9.67. The first-order valence-electron chi connectivity index (χ1n) is 3.80. The van der Waals surface area contributed by atoms with Crippen molar-refractivity contribution in [3.63, 3.8) is 0 Å². The quantitative estimate of drug-likeness (QED) is 0.797. The average molecular weight is 256 g/mol. The van der Waals surface area contributed by atoms with Crippen LogP contribution in [0, 0.1) is 0 Å². The summed E-state index contributed by atoms with van der Waals surface area (Å²) in [7, 11) is 0. The van der Waals surface area contributed by atoms with Crippen LogP contribution in [0.2, 0.25) is 15.2 Å². The fraction of sp³-hybridized carbons (Fsp3) is 0.375. The monoisotopic (exact) mass is 254 g/mol. The molecule has 3 N–H and O–H groups in total. The predicted octanol–water partition coefficient (Wildman–Crippen LogP) is 2.21. The van der Waals surface area contributed by atoms with Gasteiger partial charge < -0.3 is 10.8 Å². The molecule has 6 heteroatoms. The fourth-order valence-electron chi connectivity index (χ4n) is 1.05. The van der Waals surface area contributed by atoms with Gasteiger partial charge in [0.05, 0.1) is 22.2 Å². The molecule has 0 aliphatic rings. The Morgan fingerprint density at radius 1 is 1.50 bits per heavy atom. The first kappa shape index (κ1) is 12.0. The first-order chi connectivity index (χ1) is 6.40. The molecule has 0 saturated heterocycles. The van der Waals surface area contributed by atoms with E-state index < -0.39 is 5.54 Å². The van der Waals surface area contributed by atoms with Crippen molar-refractivity contribution in [3.05, 3.63) is 27.0 Å². The van der Waals surface area contributed by atoms with Crippen molar-refractivity contribution in [3.8, 4) is 0 Å². The molecule has 1 heterocycles. The van der Waals surface area contributed by atoms with Gasteiger partial charge in [-0.15, -0.1) is 0 Å². The molecule has 0 aliphatic carbocycles. The van der Waals surface area contributed by atoms with Crippen LogP contribution in [-0.2, 0) is 5.54 Å². The highest BCUT2D eigenvalue weighted by molar-refractivity contribution is 6.43. The first-order valence-corrected chi connectivity index (χ1v) is 4.93. The Morgan fingerprint density at radius 2 is 2.07 bits per heavy atom. The molecule has 1 atom stereocenters. The summed E-state index contributed by atoms with van der Waals surface area (Å²) < 4.78 is 0. The van der Waals surface area contributed by atoms with E-state index in [1.54, 1.807) is 6.92 Å². The lowest BCUT2D eigenvalue weighted by Crippen LogP contribution is -2.37. The van der Waals surface area contributed by atoms with Gasteiger partial charge in [0.15, 0.2) is 0 Å². The van der Waals surface area contributed by atoms with Crippen LogP contribution in [0.3, 0.4) is 0 Å². The van der Waals surface area contributed by atoms with E-state index in [1.165, 1.54) is 6.20 Å². The Kier molecular flexibility index (Phi) is 3.61. The largest absolute Gasteiger partial charge is 0.394 e. The van der Waals surface area contributed by atoms with Crippen molar-refractivity contribution in [2.45, 2.75) is 12.5 Å². The molecular weight excluding hydrogens is 246 g/mol. The van der Waals surface area contributed by atoms with Crippen molar-refractivity contribution >= 4 is 34.8 Å². The summed E-state index contributed by atoms with van der Waals surface area (Å²) in [6.07, 6.45) is 1.35. The van der Waals surface area contributed by atoms with Gasteiger partial charge in [0, 0.05) is 11.8 Å². The zero-order chi connectivity index (χ0) is 10.9. The number of hydrogen-bond donors (Lipinski definition) is 2. The molecule has 0 fully saturated rings. The van der Waals surface area contributed by atoms with Crippen molar-refractivity contribution in [2.75, 3.05) is 6.61 Å². The maximum atomic E-state index is 9.08. The summed E-state index contributed by atoms with van der Waals surface area (Å²) in [6, 6.07) is 0. The third-order valence-corrected chi connectivity index (χ3v) is 2.87. The third kappa shape index (κ3) is 2.12. The minimum atomic E-state index is -1.03. The molecule has 0 aliphatic heterocycles. The standard InChI is InChI=1S/C8H9Cl3N2O/c1-8(12,3-14)5-4(9)2-13-7(11)6(5)10/h2,14H,3,12H2,1H3/t8-/m0/s1. The van der Waals surface area contributed by atoms with Gasteiger partial charge in [0.1, 0.15) is 5.15 Å². The summed E-state index contributed by atoms with van der Waals surface area (Å²) in [5.41, 5.74) is 5.18. The Morgan fingerprint density at radius 3 is 2.57 bits per heavy atom. The van der Waals surface area contributed by atoms with Gasteiger partial charge in [0.2, 0.25) is 0 Å². The van der Waals surface area contributed by atoms with Crippen molar-refractivity contribution < 1.29 is 5.11 Å². The van der Waals surface area contributed by atoms with E-state index in [1.807, 2.05) is 0 Å². The topological polar surface area (TPSA) is 59.1 Å². The lowest BCUT2D eigenvalue weighted by molar-refractivity contribution is 0.210. The molecule has 0 amide bonds. The van der Waals surface area contributed by atoms with Gasteiger partial charge in [-0.25, -0.2) is 4.98 Å². The van der Waals surface area contributed by atoms with Crippen LogP contribution in [0.25, 0.3) is 0 Å². The Labute approximate surface area is 96.8 Å². The normalized spacial score (nSPS) is 15.3. The molecule has 0 aromatic carbocycles. The number of nitrogens with zero attached hydrogens (tertiary/aromatic N) is 1. The molecule has 0 spiro atoms. The van der Waals surface area contributed by atoms with E-state index in [-0.39, 0.29) is 16.8 Å². The molecule has 0 radical (unpaired) electrons. The Balaban J connectivity index is 3.40. The molecule has 14 heavy (non-hydrogen) atoms. The van der Waals surface area contributed by atoms with Gasteiger partial charge in [-0.1, -0.05) is 34.8 Å². The molecule has 1 rings (SSSR count). The van der Waals surface area contributed by atoms with Crippen molar-refractivity contribution in [2.24, 2.45) is 5.73 Å². The molecular formula is C8H9Cl3N2O. The van der Waals surface area contributed by atoms with Gasteiger partial charge in [-0.2, -0.15) is 0 Å². The van der Waals surface area contributed by atoms with Crippen LogP contribution in [0.5, 0.6) is 0 Å². The smallest absolute Gasteiger partial charge is 0.148 e. The maximum Gasteiger partial charge on any atom is 0.148 e. The second-order valence-electron chi connectivity index (χ2n) is 3.16. The second-order valence-corrected chi connectivity index (χ2v) is 4.30. The van der Waals surface area contributed by atoms with Gasteiger partial charge in [-0.05, 0) is 6.92 Å². The van der Waals surface area contributed by atoms with Crippen molar-refractivity contribution in [1.29, 1.82) is 0 Å². The Bertz CT molecular complexity index is 355. The van der Waals surface area contributed by atoms with Gasteiger partial charge in [-0.3, -0.25) is 0 Å². The summed E-state index contributed by atoms with van der Waals surface area (Å²) >= 11 is 17.5. The van der Waals surface area contributed by atoms with Gasteiger partial charge in [0.25, 0.3) is 0 Å². The van der Waals surface area contributed by atoms with Crippen LogP contribution >= 0.6 is 34.8 Å². The second kappa shape index (κ2) is 4.21. The minimum Gasteiger partial charge on any atom is -0.394 e. The van der Waals surface area contributed by atoms with E-state index >= 15 is 0 Å². The van der Waals surface area contributed by atoms with Crippen LogP contribution in [0.4, 0.5) is 0 Å². The zero-order valence-electron chi connectivity index (χ0n) is 7.39. The predicted molar refractivity (Wildman–Crippen MR) is 57.9 cm³/mol. The fourth-order valence-corrected chi connectivity index (χ4v) is 1.96. The summed E-state index contributed by atoms with van der Waals surface area (Å²) in [5.74, 6) is 0. The molecule has 0 bridgehead atoms. The minimum absolute atomic E-state index is 0.121. The van der Waals surface area contributed by atoms with E-state index in [0.717, 1.165) is 0 Å². The summed E-state index contributed by atoms with van der Waals surface area (Å²) in [6.45, 7) is 1.32. The number of pyridine rings is 1. The molecule has 0 unspecified atom stereocenters. The molecule has 3 nitrogen and oxygen atoms in total. The Hall–Kier alpha value is -0.0600. The number of aliphatic hydroxyl groups is 1. The maximum absolute atomic E-state index is 9.08. The van der Waals surface area contributed by atoms with Gasteiger partial charge >= 0.3 is 0 Å². The average Bonchev–Trinajstić information content (AvgIpc) is 2.12. The van der Waals surface area contributed by atoms with E-state index in [4.69, 9.17) is 45.6 Å². The highest BCUT2D eigenvalue weighted by Crippen LogP contribution is 2.35. The molecule has 0 saturated carbocycles. The third-order valence-electron chi connectivity index (χ3n) is 1.83. The number of halogens is 3. The number of aliphatic hydroxyl groups excluding tert-OH is 1. The number of aromatic nitrogens is 1. The van der Waals surface area contributed by atoms with E-state index in [2.05, 4.69) is 4.98 Å². The lowest BCUT2D eigenvalue weighted by atomic mass is 9.95. The lowest BCUT2D eigenvalue weighted by Gasteiger charge is -2.24. The number of rotatable bonds is 2. The van der Waals surface area contributed by atoms with E-state index in [9.17, 15) is 0 Å². The molecule has 1 aromatic rings. The van der Waals surface area contributed by atoms with E-state index in [0.29, 0.717) is 10.6 Å².